The van der Waals surface area contributed by atoms with Crippen LogP contribution in [-0.2, 0) is 27.8 Å². The molecule has 0 aromatic heterocycles. The average Bonchev–Trinajstić information content (AvgIpc) is 2.99. The van der Waals surface area contributed by atoms with E-state index in [2.05, 4.69) is 22.3 Å². The molecule has 1 heterocycles. The minimum Gasteiger partial charge on any atom is -0.359 e. The number of fused-ring (bicyclic) bond motifs is 1. The maximum absolute atomic E-state index is 12.7. The van der Waals surface area contributed by atoms with Crippen LogP contribution in [0.1, 0.15) is 18.1 Å². The second-order valence-corrected chi connectivity index (χ2v) is 7.55. The number of carbonyl (C=O) groups is 1. The second-order valence-electron chi connectivity index (χ2n) is 6.11. The van der Waals surface area contributed by atoms with Gasteiger partial charge in [0.1, 0.15) is 6.04 Å². The summed E-state index contributed by atoms with van der Waals surface area (Å²) in [7, 11) is -0.946. The molecule has 2 aromatic carbocycles. The summed E-state index contributed by atoms with van der Waals surface area (Å²) >= 11 is 0. The lowest BCUT2D eigenvalue weighted by atomic mass is 10.1. The van der Waals surface area contributed by atoms with Crippen molar-refractivity contribution in [3.63, 3.8) is 0 Å². The van der Waals surface area contributed by atoms with Gasteiger partial charge >= 0.3 is 0 Å². The van der Waals surface area contributed by atoms with Crippen LogP contribution in [0.3, 0.4) is 0 Å². The number of anilines is 2. The third-order valence-corrected chi connectivity index (χ3v) is 5.12. The standard InChI is InChI=1S/C19H22N2O2S/c1-14(21-12-11-15-7-4-6-10-18(15)21)19(22)20-17-9-5-3-8-16(17)13-24(2)23/h3-10,14H,11-13H2,1-2H3,(H,20,22). The van der Waals surface area contributed by atoms with Crippen molar-refractivity contribution in [2.75, 3.05) is 23.0 Å². The molecule has 1 aliphatic heterocycles. The molecule has 4 nitrogen and oxygen atoms in total. The molecular weight excluding hydrogens is 320 g/mol. The summed E-state index contributed by atoms with van der Waals surface area (Å²) in [5.74, 6) is 0.401. The zero-order valence-corrected chi connectivity index (χ0v) is 14.8. The van der Waals surface area contributed by atoms with Crippen LogP contribution in [0.15, 0.2) is 48.5 Å². The Morgan fingerprint density at radius 2 is 1.92 bits per heavy atom. The third kappa shape index (κ3) is 3.51. The van der Waals surface area contributed by atoms with Crippen LogP contribution in [0, 0.1) is 0 Å². The fourth-order valence-corrected chi connectivity index (χ4v) is 3.82. The van der Waals surface area contributed by atoms with E-state index in [1.165, 1.54) is 5.56 Å². The SMILES string of the molecule is CC(C(=O)Nc1ccccc1CS(C)=O)N1CCc2ccccc21. The second kappa shape index (κ2) is 7.18. The van der Waals surface area contributed by atoms with Gasteiger partial charge in [-0.3, -0.25) is 9.00 Å². The molecule has 0 bridgehead atoms. The van der Waals surface area contributed by atoms with Crippen molar-refractivity contribution in [1.29, 1.82) is 0 Å². The molecule has 3 rings (SSSR count). The zero-order valence-electron chi connectivity index (χ0n) is 14.0. The number of nitrogens with one attached hydrogen (secondary N) is 1. The Morgan fingerprint density at radius 3 is 2.71 bits per heavy atom. The third-order valence-electron chi connectivity index (χ3n) is 4.40. The first-order valence-electron chi connectivity index (χ1n) is 8.09. The summed E-state index contributed by atoms with van der Waals surface area (Å²) in [6.07, 6.45) is 2.64. The molecule has 5 heteroatoms. The van der Waals surface area contributed by atoms with Gasteiger partial charge < -0.3 is 10.2 Å². The van der Waals surface area contributed by atoms with Crippen LogP contribution in [0.4, 0.5) is 11.4 Å². The predicted molar refractivity (Wildman–Crippen MR) is 99.8 cm³/mol. The average molecular weight is 342 g/mol. The number of benzene rings is 2. The highest BCUT2D eigenvalue weighted by molar-refractivity contribution is 7.83. The summed E-state index contributed by atoms with van der Waals surface area (Å²) in [5.41, 5.74) is 4.08. The van der Waals surface area contributed by atoms with E-state index < -0.39 is 10.8 Å². The molecular formula is C19H22N2O2S. The lowest BCUT2D eigenvalue weighted by Gasteiger charge is -2.26. The highest BCUT2D eigenvalue weighted by Crippen LogP contribution is 2.29. The summed E-state index contributed by atoms with van der Waals surface area (Å²) in [6.45, 7) is 2.78. The van der Waals surface area contributed by atoms with Gasteiger partial charge in [0.15, 0.2) is 0 Å². The summed E-state index contributed by atoms with van der Waals surface area (Å²) in [6, 6.07) is 15.5. The van der Waals surface area contributed by atoms with Crippen LogP contribution in [0.25, 0.3) is 0 Å². The first kappa shape index (κ1) is 16.7. The predicted octanol–water partition coefficient (Wildman–Crippen LogP) is 2.95. The molecule has 2 atom stereocenters. The molecule has 2 unspecified atom stereocenters. The maximum atomic E-state index is 12.7. The Morgan fingerprint density at radius 1 is 1.21 bits per heavy atom. The molecule has 0 radical (unpaired) electrons. The molecule has 24 heavy (non-hydrogen) atoms. The number of carbonyl (C=O) groups excluding carboxylic acids is 1. The smallest absolute Gasteiger partial charge is 0.246 e. The van der Waals surface area contributed by atoms with Crippen molar-refractivity contribution >= 4 is 28.1 Å². The number of rotatable bonds is 5. The van der Waals surface area contributed by atoms with Crippen molar-refractivity contribution in [1.82, 2.24) is 0 Å². The van der Waals surface area contributed by atoms with E-state index in [1.54, 1.807) is 6.26 Å². The zero-order chi connectivity index (χ0) is 17.1. The Labute approximate surface area is 145 Å². The summed E-state index contributed by atoms with van der Waals surface area (Å²) < 4.78 is 11.5. The molecule has 1 N–H and O–H groups in total. The van der Waals surface area contributed by atoms with E-state index in [0.29, 0.717) is 5.75 Å². The molecule has 0 saturated heterocycles. The van der Waals surface area contributed by atoms with Crippen LogP contribution in [0.2, 0.25) is 0 Å². The lowest BCUT2D eigenvalue weighted by Crippen LogP contribution is -2.41. The largest absolute Gasteiger partial charge is 0.359 e. The normalized spacial score (nSPS) is 15.7. The quantitative estimate of drug-likeness (QED) is 0.909. The molecule has 1 aliphatic rings. The number of para-hydroxylation sites is 2. The maximum Gasteiger partial charge on any atom is 0.246 e. The van der Waals surface area contributed by atoms with Gasteiger partial charge in [-0.15, -0.1) is 0 Å². The first-order chi connectivity index (χ1) is 11.6. The highest BCUT2D eigenvalue weighted by Gasteiger charge is 2.27. The van der Waals surface area contributed by atoms with E-state index in [-0.39, 0.29) is 11.9 Å². The van der Waals surface area contributed by atoms with Crippen molar-refractivity contribution in [2.45, 2.75) is 25.1 Å². The van der Waals surface area contributed by atoms with E-state index in [4.69, 9.17) is 0 Å². The summed E-state index contributed by atoms with van der Waals surface area (Å²) in [4.78, 5) is 14.9. The summed E-state index contributed by atoms with van der Waals surface area (Å²) in [5, 5.41) is 3.01. The number of hydrogen-bond donors (Lipinski definition) is 1. The van der Waals surface area contributed by atoms with Crippen molar-refractivity contribution in [2.24, 2.45) is 0 Å². The Balaban J connectivity index is 1.75. The molecule has 0 saturated carbocycles. The van der Waals surface area contributed by atoms with Crippen LogP contribution < -0.4 is 10.2 Å². The van der Waals surface area contributed by atoms with Crippen LogP contribution in [0.5, 0.6) is 0 Å². The number of hydrogen-bond acceptors (Lipinski definition) is 3. The molecule has 1 amide bonds. The van der Waals surface area contributed by atoms with Crippen LogP contribution >= 0.6 is 0 Å². The molecule has 0 aliphatic carbocycles. The van der Waals surface area contributed by atoms with E-state index in [1.807, 2.05) is 43.3 Å². The van der Waals surface area contributed by atoms with E-state index >= 15 is 0 Å². The van der Waals surface area contributed by atoms with Gasteiger partial charge in [-0.05, 0) is 36.6 Å². The minimum atomic E-state index is -0.946. The van der Waals surface area contributed by atoms with Gasteiger partial charge in [-0.2, -0.15) is 0 Å². The Hall–Kier alpha value is -2.14. The van der Waals surface area contributed by atoms with Gasteiger partial charge in [0.05, 0.1) is 5.75 Å². The van der Waals surface area contributed by atoms with Gasteiger partial charge in [-0.1, -0.05) is 36.4 Å². The molecule has 0 spiro atoms. The molecule has 0 fully saturated rings. The van der Waals surface area contributed by atoms with Crippen LogP contribution in [-0.4, -0.2) is 29.0 Å². The van der Waals surface area contributed by atoms with Gasteiger partial charge in [-0.25, -0.2) is 0 Å². The number of amides is 1. The van der Waals surface area contributed by atoms with E-state index in [0.717, 1.165) is 29.9 Å². The van der Waals surface area contributed by atoms with E-state index in [9.17, 15) is 9.00 Å². The molecule has 2 aromatic rings. The van der Waals surface area contributed by atoms with Gasteiger partial charge in [0, 0.05) is 35.0 Å². The van der Waals surface area contributed by atoms with Crippen molar-refractivity contribution in [3.05, 3.63) is 59.7 Å². The Kier molecular flexibility index (Phi) is 5.00. The van der Waals surface area contributed by atoms with Crippen molar-refractivity contribution < 1.29 is 9.00 Å². The fourth-order valence-electron chi connectivity index (χ4n) is 3.13. The van der Waals surface area contributed by atoms with Gasteiger partial charge in [0.25, 0.3) is 0 Å². The topological polar surface area (TPSA) is 49.4 Å². The highest BCUT2D eigenvalue weighted by atomic mass is 32.2. The number of nitrogens with zero attached hydrogens (tertiary/aromatic N) is 1. The van der Waals surface area contributed by atoms with Crippen molar-refractivity contribution in [3.8, 4) is 0 Å². The minimum absolute atomic E-state index is 0.0407. The first-order valence-corrected chi connectivity index (χ1v) is 9.82. The monoisotopic (exact) mass is 342 g/mol. The lowest BCUT2D eigenvalue weighted by molar-refractivity contribution is -0.117. The molecule has 126 valence electrons. The van der Waals surface area contributed by atoms with Gasteiger partial charge in [0.2, 0.25) is 5.91 Å². The fraction of sp³-hybridized carbons (Fsp3) is 0.316. The Bertz CT molecular complexity index is 775.